The molecule has 1 N–H and O–H groups in total. The number of para-hydroxylation sites is 1. The van der Waals surface area contributed by atoms with Gasteiger partial charge in [-0.15, -0.1) is 5.10 Å². The van der Waals surface area contributed by atoms with E-state index >= 15 is 0 Å². The van der Waals surface area contributed by atoms with Crippen LogP contribution in [0.2, 0.25) is 0 Å². The molecule has 0 radical (unpaired) electrons. The summed E-state index contributed by atoms with van der Waals surface area (Å²) in [5, 5.41) is 19.6. The molecule has 1 atom stereocenters. The van der Waals surface area contributed by atoms with Crippen molar-refractivity contribution in [2.75, 3.05) is 0 Å². The number of hydrogen-bond donors (Lipinski definition) is 1. The third-order valence-electron chi connectivity index (χ3n) is 3.59. The molecule has 0 aliphatic heterocycles. The van der Waals surface area contributed by atoms with E-state index in [1.807, 2.05) is 37.3 Å². The number of aliphatic hydroxyl groups excluding tert-OH is 1. The van der Waals surface area contributed by atoms with Gasteiger partial charge in [0.2, 0.25) is 0 Å². The Bertz CT molecular complexity index is 766. The van der Waals surface area contributed by atoms with Crippen molar-refractivity contribution < 1.29 is 5.11 Å². The SMILES string of the molecule is CCCn1nncc1C(O)c1cc(C)c2ccccc2n1. The molecule has 3 aromatic rings. The van der Waals surface area contributed by atoms with Gasteiger partial charge in [-0.2, -0.15) is 0 Å². The summed E-state index contributed by atoms with van der Waals surface area (Å²) < 4.78 is 1.73. The van der Waals surface area contributed by atoms with E-state index in [1.165, 1.54) is 0 Å². The van der Waals surface area contributed by atoms with E-state index in [2.05, 4.69) is 22.2 Å². The maximum atomic E-state index is 10.6. The molecule has 0 fully saturated rings. The number of aryl methyl sites for hydroxylation is 2. The fraction of sp³-hybridized carbons (Fsp3) is 0.312. The van der Waals surface area contributed by atoms with Crippen LogP contribution in [0, 0.1) is 6.92 Å². The first-order valence-electron chi connectivity index (χ1n) is 7.13. The number of aromatic nitrogens is 4. The summed E-state index contributed by atoms with van der Waals surface area (Å²) >= 11 is 0. The minimum absolute atomic E-state index is 0.630. The highest BCUT2D eigenvalue weighted by molar-refractivity contribution is 5.82. The van der Waals surface area contributed by atoms with Gasteiger partial charge in [-0.25, -0.2) is 9.67 Å². The Balaban J connectivity index is 2.05. The summed E-state index contributed by atoms with van der Waals surface area (Å²) in [5.74, 6) is 0. The molecule has 2 heterocycles. The van der Waals surface area contributed by atoms with Crippen LogP contribution in [0.5, 0.6) is 0 Å². The monoisotopic (exact) mass is 282 g/mol. The van der Waals surface area contributed by atoms with Crippen LogP contribution < -0.4 is 0 Å². The topological polar surface area (TPSA) is 63.8 Å². The van der Waals surface area contributed by atoms with Crippen LogP contribution in [-0.2, 0) is 6.54 Å². The second-order valence-electron chi connectivity index (χ2n) is 5.17. The Morgan fingerprint density at radius 3 is 2.90 bits per heavy atom. The summed E-state index contributed by atoms with van der Waals surface area (Å²) in [5.41, 5.74) is 3.30. The Hall–Kier alpha value is -2.27. The quantitative estimate of drug-likeness (QED) is 0.799. The van der Waals surface area contributed by atoms with Gasteiger partial charge in [0.25, 0.3) is 0 Å². The Morgan fingerprint density at radius 2 is 2.10 bits per heavy atom. The van der Waals surface area contributed by atoms with Crippen molar-refractivity contribution in [3.8, 4) is 0 Å². The Morgan fingerprint density at radius 1 is 1.29 bits per heavy atom. The molecule has 0 aliphatic carbocycles. The molecule has 5 heteroatoms. The molecule has 3 rings (SSSR count). The van der Waals surface area contributed by atoms with Gasteiger partial charge in [-0.05, 0) is 31.0 Å². The van der Waals surface area contributed by atoms with Crippen LogP contribution in [0.1, 0.15) is 36.4 Å². The third kappa shape index (κ3) is 2.52. The largest absolute Gasteiger partial charge is 0.380 e. The van der Waals surface area contributed by atoms with Crippen molar-refractivity contribution in [1.29, 1.82) is 0 Å². The molecule has 5 nitrogen and oxygen atoms in total. The maximum absolute atomic E-state index is 10.6. The lowest BCUT2D eigenvalue weighted by molar-refractivity contribution is 0.203. The van der Waals surface area contributed by atoms with Crippen LogP contribution in [0.3, 0.4) is 0 Å². The third-order valence-corrected chi connectivity index (χ3v) is 3.59. The molecule has 0 saturated heterocycles. The molecule has 0 bridgehead atoms. The van der Waals surface area contributed by atoms with Crippen molar-refractivity contribution >= 4 is 10.9 Å². The van der Waals surface area contributed by atoms with Gasteiger partial charge in [-0.1, -0.05) is 30.3 Å². The predicted octanol–water partition coefficient (Wildman–Crippen LogP) is 2.63. The molecule has 0 spiro atoms. The minimum atomic E-state index is -0.810. The van der Waals surface area contributed by atoms with Gasteiger partial charge < -0.3 is 5.11 Å². The van der Waals surface area contributed by atoms with Gasteiger partial charge in [0.05, 0.1) is 23.1 Å². The molecule has 21 heavy (non-hydrogen) atoms. The Labute approximate surface area is 123 Å². The number of hydrogen-bond acceptors (Lipinski definition) is 4. The van der Waals surface area contributed by atoms with Crippen molar-refractivity contribution in [3.63, 3.8) is 0 Å². The molecule has 0 aliphatic rings. The van der Waals surface area contributed by atoms with Crippen LogP contribution in [0.25, 0.3) is 10.9 Å². The van der Waals surface area contributed by atoms with E-state index in [9.17, 15) is 5.11 Å². The first-order chi connectivity index (χ1) is 10.2. The van der Waals surface area contributed by atoms with Crippen LogP contribution in [-0.4, -0.2) is 25.1 Å². The molecule has 108 valence electrons. The van der Waals surface area contributed by atoms with E-state index in [1.54, 1.807) is 10.9 Å². The molecular weight excluding hydrogens is 264 g/mol. The highest BCUT2D eigenvalue weighted by atomic mass is 16.3. The summed E-state index contributed by atoms with van der Waals surface area (Å²) in [7, 11) is 0. The second-order valence-corrected chi connectivity index (χ2v) is 5.17. The summed E-state index contributed by atoms with van der Waals surface area (Å²) in [6.45, 7) is 4.83. The minimum Gasteiger partial charge on any atom is -0.380 e. The van der Waals surface area contributed by atoms with Gasteiger partial charge in [-0.3, -0.25) is 0 Å². The van der Waals surface area contributed by atoms with E-state index in [-0.39, 0.29) is 0 Å². The number of pyridine rings is 1. The fourth-order valence-electron chi connectivity index (χ4n) is 2.53. The number of fused-ring (bicyclic) bond motifs is 1. The van der Waals surface area contributed by atoms with Crippen LogP contribution in [0.15, 0.2) is 36.5 Å². The normalized spacial score (nSPS) is 12.7. The molecule has 1 unspecified atom stereocenters. The zero-order valence-corrected chi connectivity index (χ0v) is 12.2. The van der Waals surface area contributed by atoms with E-state index in [0.29, 0.717) is 11.4 Å². The first kappa shape index (κ1) is 13.7. The van der Waals surface area contributed by atoms with E-state index < -0.39 is 6.10 Å². The molecule has 0 saturated carbocycles. The number of rotatable bonds is 4. The van der Waals surface area contributed by atoms with Crippen LogP contribution >= 0.6 is 0 Å². The summed E-state index contributed by atoms with van der Waals surface area (Å²) in [4.78, 5) is 4.57. The summed E-state index contributed by atoms with van der Waals surface area (Å²) in [6.07, 6.45) is 1.73. The average Bonchev–Trinajstić information content (AvgIpc) is 2.95. The van der Waals surface area contributed by atoms with Crippen molar-refractivity contribution in [2.45, 2.75) is 32.9 Å². The highest BCUT2D eigenvalue weighted by Crippen LogP contribution is 2.24. The zero-order chi connectivity index (χ0) is 14.8. The standard InChI is InChI=1S/C16H18N4O/c1-3-8-20-15(10-17-19-20)16(21)14-9-11(2)12-6-4-5-7-13(12)18-14/h4-7,9-10,16,21H,3,8H2,1-2H3. The zero-order valence-electron chi connectivity index (χ0n) is 12.2. The van der Waals surface area contributed by atoms with E-state index in [0.717, 1.165) is 29.4 Å². The molecular formula is C16H18N4O. The van der Waals surface area contributed by atoms with Crippen molar-refractivity contribution in [3.05, 3.63) is 53.5 Å². The first-order valence-corrected chi connectivity index (χ1v) is 7.13. The highest BCUT2D eigenvalue weighted by Gasteiger charge is 2.18. The maximum Gasteiger partial charge on any atom is 0.139 e. The van der Waals surface area contributed by atoms with E-state index in [4.69, 9.17) is 0 Å². The number of nitrogens with zero attached hydrogens (tertiary/aromatic N) is 4. The van der Waals surface area contributed by atoms with Crippen molar-refractivity contribution in [1.82, 2.24) is 20.0 Å². The lowest BCUT2D eigenvalue weighted by Crippen LogP contribution is -2.11. The smallest absolute Gasteiger partial charge is 0.139 e. The fourth-order valence-corrected chi connectivity index (χ4v) is 2.53. The van der Waals surface area contributed by atoms with Gasteiger partial charge in [0, 0.05) is 11.9 Å². The van der Waals surface area contributed by atoms with Gasteiger partial charge in [0.15, 0.2) is 0 Å². The lowest BCUT2D eigenvalue weighted by Gasteiger charge is -2.13. The van der Waals surface area contributed by atoms with Crippen LogP contribution in [0.4, 0.5) is 0 Å². The van der Waals surface area contributed by atoms with Gasteiger partial charge >= 0.3 is 0 Å². The summed E-state index contributed by atoms with van der Waals surface area (Å²) in [6, 6.07) is 9.87. The molecule has 1 aromatic carbocycles. The second kappa shape index (κ2) is 5.61. The Kier molecular flexibility index (Phi) is 3.66. The average molecular weight is 282 g/mol. The molecule has 0 amide bonds. The number of benzene rings is 1. The number of aliphatic hydroxyl groups is 1. The lowest BCUT2D eigenvalue weighted by atomic mass is 10.1. The van der Waals surface area contributed by atoms with Gasteiger partial charge in [0.1, 0.15) is 6.10 Å². The predicted molar refractivity (Wildman–Crippen MR) is 80.9 cm³/mol. The molecule has 2 aromatic heterocycles. The van der Waals surface area contributed by atoms with Crippen molar-refractivity contribution in [2.24, 2.45) is 0 Å².